The van der Waals surface area contributed by atoms with E-state index in [9.17, 15) is 56.7 Å². The van der Waals surface area contributed by atoms with Gasteiger partial charge < -0.3 is 41.8 Å². The maximum Gasteiger partial charge on any atom is 0.248 e. The molecule has 1 atom stereocenters. The van der Waals surface area contributed by atoms with Crippen LogP contribution in [0.4, 0.5) is 22.2 Å². The van der Waals surface area contributed by atoms with Crippen LogP contribution < -0.4 is 32.0 Å². The topological polar surface area (TPSA) is 380 Å². The number of aromatic nitrogens is 1. The van der Waals surface area contributed by atoms with E-state index in [-0.39, 0.29) is 97.7 Å². The number of para-hydroxylation sites is 4. The maximum atomic E-state index is 11.6. The first-order valence-electron chi connectivity index (χ1n) is 34.6. The molecule has 4 rings (SSSR count). The van der Waals surface area contributed by atoms with E-state index >= 15 is 0 Å². The van der Waals surface area contributed by atoms with Gasteiger partial charge in [-0.3, -0.25) is 48.4 Å². The Morgan fingerprint density at radius 1 is 0.524 bits per heavy atom. The van der Waals surface area contributed by atoms with E-state index in [4.69, 9.17) is 26.0 Å². The summed E-state index contributed by atoms with van der Waals surface area (Å²) in [4.78, 5) is 104. The van der Waals surface area contributed by atoms with Gasteiger partial charge in [0.25, 0.3) is 0 Å². The maximum absolute atomic E-state index is 11.6. The second-order valence-electron chi connectivity index (χ2n) is 32.4. The number of aromatic hydroxyl groups is 1. The molecule has 26 heteroatoms. The van der Waals surface area contributed by atoms with E-state index in [2.05, 4.69) is 33.6 Å². The summed E-state index contributed by atoms with van der Waals surface area (Å²) in [6.07, 6.45) is 2.25. The summed E-state index contributed by atoms with van der Waals surface area (Å²) in [5.41, 5.74) is 6.20. The van der Waals surface area contributed by atoms with Crippen molar-refractivity contribution in [1.29, 1.82) is 0 Å². The number of thiazole rings is 1. The van der Waals surface area contributed by atoms with Gasteiger partial charge in [0.05, 0.1) is 28.4 Å². The van der Waals surface area contributed by atoms with Crippen LogP contribution in [0.15, 0.2) is 60.1 Å². The molecule has 1 aliphatic heterocycles. The number of aliphatic hydroxyl groups is 1. The largest absolute Gasteiger partial charge is 0.506 e. The van der Waals surface area contributed by atoms with Gasteiger partial charge in [0, 0.05) is 72.5 Å². The standard InChI is InChI=1S/C11H16N2O.C11H15NO2.C8H12N2OS.C7H12O2.C7H14O.C6H12O2.C6H12OS.C6H12O.C5H11NO2.C4H11NO3S.3C2H6/c1-11(2,3)10(14)13-9-7-5-4-6-8(9)12;1-11(2,3)10(14)12-8-6-4-5-7-9(8)13;1-8(2,3)6(11)10-7-9-4-5-12-7;1-7(2,3)6(8)5-4-9-5;1-5-6(8)7(2,3)4;1-6(2,3)5(8)4-7;1-6(2,3)5(7)4-8;1-5(7)6(2,3)4;1-5(2,3)4(7)6-8;1-4(2,3)9(7,8)5-6;3*1-2/h4-7H,12H2,1-3H3,(H,13,14);4-7,13H,1-3H3,(H,12,14);4-5H,1-3H3,(H,9,10,11);5H,4H2,1-3H3;5H2,1-4H3;7H,4H2,1-3H3;8H,4H2,1-3H3;1-4H3;8H,1-3H3,(H,6,7);5-6H,1-3H3;3*1-2H3. The Hall–Kier alpha value is -6.00. The molecule has 11 N–H and O–H groups in total. The van der Waals surface area contributed by atoms with Gasteiger partial charge in [-0.2, -0.15) is 12.6 Å². The summed E-state index contributed by atoms with van der Waals surface area (Å²) in [5, 5.41) is 44.6. The number of nitrogens with zero attached hydrogens (tertiary/aromatic N) is 1. The zero-order chi connectivity index (χ0) is 84.7. The van der Waals surface area contributed by atoms with Crippen molar-refractivity contribution in [2.45, 2.75) is 280 Å². The molecule has 0 radical (unpaired) electrons. The van der Waals surface area contributed by atoms with Crippen LogP contribution in [-0.4, -0.2) is 116 Å². The number of nitrogens with one attached hydrogen (secondary N) is 5. The molecule has 2 heterocycles. The summed E-state index contributed by atoms with van der Waals surface area (Å²) < 4.78 is 25.2. The fourth-order valence-corrected chi connectivity index (χ4v) is 5.64. The van der Waals surface area contributed by atoms with E-state index in [0.29, 0.717) is 46.8 Å². The number of thiol groups is 1. The average Bonchev–Trinajstić information content (AvgIpc) is 1.76. The first-order chi connectivity index (χ1) is 46.0. The average molecular weight is 1520 g/mol. The van der Waals surface area contributed by atoms with Crippen molar-refractivity contribution in [3.05, 3.63) is 60.1 Å². The number of hydrogen-bond acceptors (Lipinski definition) is 20. The highest BCUT2D eigenvalue weighted by Crippen LogP contribution is 2.27. The number of hydroxylamine groups is 1. The highest BCUT2D eigenvalue weighted by Gasteiger charge is 2.38. The fraction of sp³-hybridized carbons (Fsp3) is 0.688. The molecular weight excluding hydrogens is 1380 g/mol. The van der Waals surface area contributed by atoms with E-state index in [1.54, 1.807) is 90.5 Å². The van der Waals surface area contributed by atoms with Crippen molar-refractivity contribution in [1.82, 2.24) is 15.3 Å². The third kappa shape index (κ3) is 63.0. The predicted octanol–water partition coefficient (Wildman–Crippen LogP) is 17.2. The predicted molar refractivity (Wildman–Crippen MR) is 431 cm³/mol. The van der Waals surface area contributed by atoms with E-state index in [1.807, 2.05) is 211 Å². The Morgan fingerprint density at radius 2 is 0.854 bits per heavy atom. The summed E-state index contributed by atoms with van der Waals surface area (Å²) >= 11 is 5.28. The zero-order valence-corrected chi connectivity index (χ0v) is 73.2. The Balaban J connectivity index is -0.000000136. The molecule has 4 amide bonds. The monoisotopic (exact) mass is 1520 g/mol. The summed E-state index contributed by atoms with van der Waals surface area (Å²) in [5.74, 6) is 0.809. The third-order valence-electron chi connectivity index (χ3n) is 12.3. The van der Waals surface area contributed by atoms with Gasteiger partial charge in [-0.25, -0.2) is 18.9 Å². The van der Waals surface area contributed by atoms with Gasteiger partial charge in [0.1, 0.15) is 35.8 Å². The molecule has 3 aromatic rings. The summed E-state index contributed by atoms with van der Waals surface area (Å²) in [7, 11) is -3.53. The molecule has 0 aliphatic carbocycles. The number of hydrogen-bond donors (Lipinski definition) is 11. The first kappa shape index (κ1) is 115. The van der Waals surface area contributed by atoms with Gasteiger partial charge in [0.15, 0.2) is 16.7 Å². The van der Waals surface area contributed by atoms with Crippen LogP contribution in [0.5, 0.6) is 5.75 Å². The smallest absolute Gasteiger partial charge is 0.248 e. The minimum Gasteiger partial charge on any atom is -0.506 e. The SMILES string of the molecule is CC.CC.CC.CC(=O)C(C)(C)C.CC(C)(C)C(=O)C1CO1.CC(C)(C)C(=O)CO.CC(C)(C)C(=O)CS.CC(C)(C)C(=O)NO.CC(C)(C)C(=O)Nc1ccccc1N.CC(C)(C)C(=O)Nc1ccccc1O.CC(C)(C)C(=O)Nc1nccs1.CC(C)(C)S(=O)(=O)NO.CCC(=O)C(C)(C)C. The van der Waals surface area contributed by atoms with Crippen LogP contribution >= 0.6 is 24.0 Å². The lowest BCUT2D eigenvalue weighted by Gasteiger charge is -2.18. The summed E-state index contributed by atoms with van der Waals surface area (Å²) in [6, 6.07) is 13.9. The molecular formula is C77H145N7O16S3. The van der Waals surface area contributed by atoms with Crippen LogP contribution in [0.3, 0.4) is 0 Å². The number of ketones is 5. The minimum absolute atomic E-state index is 0.00236. The van der Waals surface area contributed by atoms with Crippen molar-refractivity contribution in [2.75, 3.05) is 40.7 Å². The molecule has 1 aromatic heterocycles. The lowest BCUT2D eigenvalue weighted by atomic mass is 9.89. The second kappa shape index (κ2) is 53.7. The fourth-order valence-electron chi connectivity index (χ4n) is 4.37. The molecule has 103 heavy (non-hydrogen) atoms. The molecule has 2 aromatic carbocycles. The van der Waals surface area contributed by atoms with Crippen molar-refractivity contribution >= 4 is 109 Å². The lowest BCUT2D eigenvalue weighted by molar-refractivity contribution is -0.137. The van der Waals surface area contributed by atoms with E-state index < -0.39 is 31.0 Å². The molecule has 23 nitrogen and oxygen atoms in total. The number of rotatable bonds is 8. The number of phenols is 1. The Morgan fingerprint density at radius 3 is 1.03 bits per heavy atom. The molecule has 0 spiro atoms. The Bertz CT molecular complexity index is 2810. The molecule has 0 saturated carbocycles. The number of nitrogen functional groups attached to an aromatic ring is 1. The second-order valence-corrected chi connectivity index (χ2v) is 36.0. The number of phenolic OH excluding ortho intramolecular Hbond substituents is 1. The first-order valence-corrected chi connectivity index (χ1v) is 37.6. The third-order valence-corrected chi connectivity index (χ3v) is 15.1. The molecule has 1 aliphatic rings. The summed E-state index contributed by atoms with van der Waals surface area (Å²) in [6.45, 7) is 70.4. The van der Waals surface area contributed by atoms with Crippen LogP contribution in [-0.2, 0) is 57.9 Å². The number of epoxide rings is 1. The van der Waals surface area contributed by atoms with Crippen LogP contribution in [0.1, 0.15) is 270 Å². The number of carbonyl (C=O) groups is 9. The number of carbonyl (C=O) groups excluding carboxylic acids is 9. The Labute approximate surface area is 633 Å². The van der Waals surface area contributed by atoms with Crippen LogP contribution in [0.25, 0.3) is 0 Å². The van der Waals surface area contributed by atoms with Crippen LogP contribution in [0, 0.1) is 48.7 Å². The zero-order valence-electron chi connectivity index (χ0n) is 70.7. The normalized spacial score (nSPS) is 12.3. The number of benzene rings is 2. The van der Waals surface area contributed by atoms with Gasteiger partial charge in [-0.05, 0) is 52.0 Å². The van der Waals surface area contributed by atoms with Gasteiger partial charge in [-0.1, -0.05) is 265 Å². The van der Waals surface area contributed by atoms with E-state index in [0.717, 1.165) is 0 Å². The number of anilines is 4. The molecule has 1 saturated heterocycles. The Kier molecular flexibility index (Phi) is 60.2. The highest BCUT2D eigenvalue weighted by atomic mass is 32.2. The van der Waals surface area contributed by atoms with Crippen molar-refractivity contribution in [3.63, 3.8) is 0 Å². The lowest BCUT2D eigenvalue weighted by Crippen LogP contribution is -2.37. The number of ether oxygens (including phenoxy) is 1. The van der Waals surface area contributed by atoms with Gasteiger partial charge in [0.2, 0.25) is 33.7 Å². The van der Waals surface area contributed by atoms with Crippen molar-refractivity contribution in [3.8, 4) is 5.75 Å². The van der Waals surface area contributed by atoms with Crippen molar-refractivity contribution in [2.24, 2.45) is 48.7 Å². The van der Waals surface area contributed by atoms with Gasteiger partial charge >= 0.3 is 0 Å². The number of aliphatic hydroxyl groups excluding tert-OH is 1. The minimum atomic E-state index is -3.53. The number of Topliss-reactive ketones (excluding diaryl/α,β-unsaturated/α-hetero) is 5. The van der Waals surface area contributed by atoms with Crippen molar-refractivity contribution < 1.29 is 76.9 Å². The number of nitrogens with two attached hydrogens (primary N) is 1. The molecule has 0 bridgehead atoms. The van der Waals surface area contributed by atoms with Gasteiger partial charge in [-0.15, -0.1) is 11.3 Å². The van der Waals surface area contributed by atoms with E-state index in [1.165, 1.54) is 43.1 Å². The van der Waals surface area contributed by atoms with Crippen LogP contribution in [0.2, 0.25) is 0 Å². The molecule has 1 fully saturated rings. The number of amides is 4. The highest BCUT2D eigenvalue weighted by molar-refractivity contribution is 7.90. The number of sulfonamides is 1. The quantitative estimate of drug-likeness (QED) is 0.0249. The molecule has 1 unspecified atom stereocenters. The molecule has 602 valence electrons.